The molecule has 0 radical (unpaired) electrons. The minimum absolute atomic E-state index is 0.540. The van der Waals surface area contributed by atoms with Gasteiger partial charge in [0.15, 0.2) is 17.5 Å². The van der Waals surface area contributed by atoms with Crippen LogP contribution in [0, 0.1) is 0 Å². The molecule has 0 atom stereocenters. The Morgan fingerprint density at radius 1 is 0.422 bits per heavy atom. The maximum atomic E-state index is 6.55. The van der Waals surface area contributed by atoms with E-state index in [2.05, 4.69) is 41.4 Å². The van der Waals surface area contributed by atoms with Crippen LogP contribution in [0.25, 0.3) is 89.0 Å². The van der Waals surface area contributed by atoms with E-state index in [0.717, 1.165) is 71.6 Å². The van der Waals surface area contributed by atoms with E-state index in [-0.39, 0.29) is 0 Å². The van der Waals surface area contributed by atoms with Crippen LogP contribution >= 0.6 is 0 Å². The van der Waals surface area contributed by atoms with Gasteiger partial charge in [0.05, 0.1) is 16.6 Å². The monoisotopic (exact) mass is 577 g/mol. The van der Waals surface area contributed by atoms with Gasteiger partial charge in [-0.25, -0.2) is 15.0 Å². The molecule has 0 aliphatic rings. The summed E-state index contributed by atoms with van der Waals surface area (Å²) in [5, 5.41) is 4.06. The van der Waals surface area contributed by atoms with Crippen LogP contribution in [0.5, 0.6) is 0 Å². The first kappa shape index (κ1) is 25.2. The van der Waals surface area contributed by atoms with Crippen molar-refractivity contribution < 1.29 is 4.42 Å². The van der Waals surface area contributed by atoms with Crippen molar-refractivity contribution in [3.05, 3.63) is 140 Å². The number of para-hydroxylation sites is 1. The molecule has 0 amide bonds. The molecule has 0 aliphatic heterocycles. The van der Waals surface area contributed by atoms with E-state index < -0.39 is 0 Å². The maximum absolute atomic E-state index is 6.55. The zero-order valence-corrected chi connectivity index (χ0v) is 23.9. The summed E-state index contributed by atoms with van der Waals surface area (Å²) in [5.41, 5.74) is 7.95. The van der Waals surface area contributed by atoms with Crippen LogP contribution in [0.15, 0.2) is 144 Å². The van der Waals surface area contributed by atoms with Crippen molar-refractivity contribution in [3.63, 3.8) is 0 Å². The van der Waals surface area contributed by atoms with E-state index in [9.17, 15) is 0 Å². The number of nitrogens with zero attached hydrogens (tertiary/aromatic N) is 5. The van der Waals surface area contributed by atoms with E-state index in [1.807, 2.05) is 103 Å². The molecule has 9 rings (SSSR count). The molecule has 45 heavy (non-hydrogen) atoms. The molecule has 0 N–H and O–H groups in total. The number of aromatic nitrogens is 5. The van der Waals surface area contributed by atoms with Crippen molar-refractivity contribution in [2.45, 2.75) is 0 Å². The SMILES string of the molecule is c1ccc(-c2nc(-c3ccccc3)nc(-c3cc(-c4cc5cccnc5c5ncccc45)cc4c3oc3ccccc34)n2)cc1. The van der Waals surface area contributed by atoms with Crippen LogP contribution in [0.4, 0.5) is 0 Å². The molecule has 210 valence electrons. The predicted molar refractivity (Wildman–Crippen MR) is 179 cm³/mol. The molecule has 0 spiro atoms. The highest BCUT2D eigenvalue weighted by Gasteiger charge is 2.21. The number of pyridine rings is 2. The fourth-order valence-electron chi connectivity index (χ4n) is 6.09. The first-order chi connectivity index (χ1) is 22.3. The second-order valence-corrected chi connectivity index (χ2v) is 10.9. The van der Waals surface area contributed by atoms with Crippen LogP contribution in [-0.2, 0) is 0 Å². The summed E-state index contributed by atoms with van der Waals surface area (Å²) in [4.78, 5) is 24.5. The molecule has 4 heterocycles. The third-order valence-corrected chi connectivity index (χ3v) is 8.19. The summed E-state index contributed by atoms with van der Waals surface area (Å²) < 4.78 is 6.55. The van der Waals surface area contributed by atoms with Gasteiger partial charge in [-0.1, -0.05) is 91.0 Å². The molecule has 0 fully saturated rings. The van der Waals surface area contributed by atoms with Crippen LogP contribution in [-0.4, -0.2) is 24.9 Å². The van der Waals surface area contributed by atoms with Gasteiger partial charge in [-0.15, -0.1) is 0 Å². The lowest BCUT2D eigenvalue weighted by atomic mass is 9.94. The van der Waals surface area contributed by atoms with Gasteiger partial charge in [-0.2, -0.15) is 0 Å². The van der Waals surface area contributed by atoms with Gasteiger partial charge in [0, 0.05) is 45.1 Å². The van der Waals surface area contributed by atoms with E-state index in [1.165, 1.54) is 0 Å². The Labute approximate surface area is 257 Å². The van der Waals surface area contributed by atoms with Gasteiger partial charge >= 0.3 is 0 Å². The van der Waals surface area contributed by atoms with Crippen molar-refractivity contribution in [1.29, 1.82) is 0 Å². The standard InChI is InChI=1S/C39H23N5O/c1-3-11-24(12-4-1)37-42-38(25-13-5-2-6-14-25)44-39(43-37)32-23-27(22-31-28-16-7-8-18-33(28)45-36(31)32)30-21-26-15-9-19-40-34(26)35-29(30)17-10-20-41-35/h1-23H. The lowest BCUT2D eigenvalue weighted by molar-refractivity contribution is 0.669. The molecular formula is C39H23N5O. The fourth-order valence-corrected chi connectivity index (χ4v) is 6.09. The van der Waals surface area contributed by atoms with Gasteiger partial charge in [-0.05, 0) is 47.5 Å². The Hall–Kier alpha value is -6.27. The van der Waals surface area contributed by atoms with E-state index >= 15 is 0 Å². The van der Waals surface area contributed by atoms with E-state index in [1.54, 1.807) is 0 Å². The lowest BCUT2D eigenvalue weighted by Gasteiger charge is -2.13. The smallest absolute Gasteiger partial charge is 0.167 e. The molecular weight excluding hydrogens is 554 g/mol. The molecule has 6 heteroatoms. The van der Waals surface area contributed by atoms with Crippen LogP contribution in [0.1, 0.15) is 0 Å². The Morgan fingerprint density at radius 2 is 1.04 bits per heavy atom. The van der Waals surface area contributed by atoms with Crippen molar-refractivity contribution in [1.82, 2.24) is 24.9 Å². The van der Waals surface area contributed by atoms with Crippen LogP contribution < -0.4 is 0 Å². The highest BCUT2D eigenvalue weighted by atomic mass is 16.3. The van der Waals surface area contributed by atoms with E-state index in [0.29, 0.717) is 17.5 Å². The number of benzene rings is 5. The minimum atomic E-state index is 0.540. The first-order valence-corrected chi connectivity index (χ1v) is 14.8. The number of hydrogen-bond donors (Lipinski definition) is 0. The van der Waals surface area contributed by atoms with Crippen molar-refractivity contribution in [2.75, 3.05) is 0 Å². The fraction of sp³-hybridized carbons (Fsp3) is 0. The largest absolute Gasteiger partial charge is 0.455 e. The number of furan rings is 1. The Kier molecular flexibility index (Phi) is 5.71. The molecule has 0 bridgehead atoms. The molecule has 0 saturated heterocycles. The van der Waals surface area contributed by atoms with Gasteiger partial charge in [0.2, 0.25) is 0 Å². The van der Waals surface area contributed by atoms with Crippen LogP contribution in [0.2, 0.25) is 0 Å². The first-order valence-electron chi connectivity index (χ1n) is 14.8. The molecule has 0 saturated carbocycles. The van der Waals surface area contributed by atoms with Crippen molar-refractivity contribution in [2.24, 2.45) is 0 Å². The number of fused-ring (bicyclic) bond motifs is 6. The normalized spacial score (nSPS) is 11.6. The van der Waals surface area contributed by atoms with Crippen molar-refractivity contribution in [3.8, 4) is 45.3 Å². The average Bonchev–Trinajstić information content (AvgIpc) is 3.50. The summed E-state index contributed by atoms with van der Waals surface area (Å²) in [7, 11) is 0. The quantitative estimate of drug-likeness (QED) is 0.194. The lowest BCUT2D eigenvalue weighted by Crippen LogP contribution is -2.00. The molecule has 5 aromatic carbocycles. The summed E-state index contributed by atoms with van der Waals surface area (Å²) in [5.74, 6) is 1.74. The summed E-state index contributed by atoms with van der Waals surface area (Å²) in [6.45, 7) is 0. The number of rotatable bonds is 4. The molecule has 0 aliphatic carbocycles. The predicted octanol–water partition coefficient (Wildman–Crippen LogP) is 9.54. The Bertz CT molecular complexity index is 2480. The van der Waals surface area contributed by atoms with Gasteiger partial charge in [0.25, 0.3) is 0 Å². The third-order valence-electron chi connectivity index (χ3n) is 8.19. The highest BCUT2D eigenvalue weighted by molar-refractivity contribution is 6.14. The third kappa shape index (κ3) is 4.23. The minimum Gasteiger partial charge on any atom is -0.455 e. The average molecular weight is 578 g/mol. The number of hydrogen-bond acceptors (Lipinski definition) is 6. The second kappa shape index (κ2) is 10.2. The molecule has 4 aromatic heterocycles. The Morgan fingerprint density at radius 3 is 1.80 bits per heavy atom. The summed E-state index contributed by atoms with van der Waals surface area (Å²) >= 11 is 0. The summed E-state index contributed by atoms with van der Waals surface area (Å²) in [6, 6.07) is 42.8. The topological polar surface area (TPSA) is 77.6 Å². The van der Waals surface area contributed by atoms with Gasteiger partial charge < -0.3 is 4.42 Å². The van der Waals surface area contributed by atoms with Crippen LogP contribution in [0.3, 0.4) is 0 Å². The Balaban J connectivity index is 1.38. The zero-order valence-electron chi connectivity index (χ0n) is 23.9. The van der Waals surface area contributed by atoms with Gasteiger partial charge in [-0.3, -0.25) is 9.97 Å². The van der Waals surface area contributed by atoms with E-state index in [4.69, 9.17) is 24.4 Å². The zero-order chi connectivity index (χ0) is 29.7. The van der Waals surface area contributed by atoms with Gasteiger partial charge in [0.1, 0.15) is 11.2 Å². The maximum Gasteiger partial charge on any atom is 0.167 e. The summed E-state index contributed by atoms with van der Waals surface area (Å²) in [6.07, 6.45) is 3.63. The molecule has 9 aromatic rings. The molecule has 0 unspecified atom stereocenters. The second-order valence-electron chi connectivity index (χ2n) is 10.9. The highest BCUT2D eigenvalue weighted by Crippen LogP contribution is 2.41. The molecule has 6 nitrogen and oxygen atoms in total. The van der Waals surface area contributed by atoms with Crippen molar-refractivity contribution >= 4 is 43.7 Å².